The van der Waals surface area contributed by atoms with Crippen LogP contribution in [0.3, 0.4) is 0 Å². The molecule has 1 fully saturated rings. The number of hydrogen-bond acceptors (Lipinski definition) is 4. The number of rotatable bonds is 4. The largest absolute Gasteiger partial charge is 0.392 e. The summed E-state index contributed by atoms with van der Waals surface area (Å²) in [6.07, 6.45) is 3.30. The summed E-state index contributed by atoms with van der Waals surface area (Å²) in [7, 11) is 0. The van der Waals surface area contributed by atoms with Crippen molar-refractivity contribution in [2.75, 3.05) is 26.2 Å². The van der Waals surface area contributed by atoms with Crippen molar-refractivity contribution in [3.63, 3.8) is 0 Å². The maximum atomic E-state index is 12.4. The molecule has 1 aliphatic rings. The molecule has 2 amide bonds. The third-order valence-corrected chi connectivity index (χ3v) is 4.66. The quantitative estimate of drug-likeness (QED) is 0.862. The number of nitrogens with one attached hydrogen (secondary N) is 1. The summed E-state index contributed by atoms with van der Waals surface area (Å²) in [4.78, 5) is 20.9. The zero-order valence-electron chi connectivity index (χ0n) is 14.5. The minimum absolute atomic E-state index is 0.0846. The summed E-state index contributed by atoms with van der Waals surface area (Å²) >= 11 is 5.97. The number of pyridine rings is 1. The van der Waals surface area contributed by atoms with E-state index in [1.807, 2.05) is 21.6 Å². The summed E-state index contributed by atoms with van der Waals surface area (Å²) in [6, 6.07) is 3.78. The lowest BCUT2D eigenvalue weighted by Crippen LogP contribution is -2.56. The zero-order valence-corrected chi connectivity index (χ0v) is 15.3. The van der Waals surface area contributed by atoms with Gasteiger partial charge in [0.2, 0.25) is 0 Å². The van der Waals surface area contributed by atoms with Crippen LogP contribution in [0.15, 0.2) is 24.5 Å². The van der Waals surface area contributed by atoms with Gasteiger partial charge in [0.15, 0.2) is 0 Å². The number of aromatic nitrogens is 2. The fourth-order valence-electron chi connectivity index (χ4n) is 3.17. The molecule has 3 rings (SSSR count). The van der Waals surface area contributed by atoms with E-state index in [0.717, 1.165) is 17.9 Å². The highest BCUT2D eigenvalue weighted by Gasteiger charge is 2.27. The number of piperazine rings is 1. The highest BCUT2D eigenvalue weighted by molar-refractivity contribution is 6.30. The zero-order chi connectivity index (χ0) is 18.0. The van der Waals surface area contributed by atoms with E-state index in [4.69, 9.17) is 11.6 Å². The maximum absolute atomic E-state index is 12.4. The van der Waals surface area contributed by atoms with Gasteiger partial charge in [0.25, 0.3) is 0 Å². The van der Waals surface area contributed by atoms with Crippen LogP contribution < -0.4 is 5.32 Å². The molecule has 2 aromatic rings. The third kappa shape index (κ3) is 4.42. The number of halogens is 1. The highest BCUT2D eigenvalue weighted by atomic mass is 35.5. The van der Waals surface area contributed by atoms with Gasteiger partial charge in [-0.2, -0.15) is 0 Å². The first-order valence-electron chi connectivity index (χ1n) is 8.50. The van der Waals surface area contributed by atoms with Gasteiger partial charge in [0.05, 0.1) is 23.4 Å². The van der Waals surface area contributed by atoms with Crippen LogP contribution in [0, 0.1) is 0 Å². The molecule has 25 heavy (non-hydrogen) atoms. The van der Waals surface area contributed by atoms with Gasteiger partial charge in [-0.15, -0.1) is 0 Å². The Bertz CT molecular complexity index is 748. The molecule has 0 spiro atoms. The minimum atomic E-state index is -0.355. The van der Waals surface area contributed by atoms with Gasteiger partial charge in [-0.1, -0.05) is 11.6 Å². The number of urea groups is 1. The van der Waals surface area contributed by atoms with E-state index in [-0.39, 0.29) is 18.2 Å². The number of nitrogens with zero attached hydrogens (tertiary/aromatic N) is 4. The Hall–Kier alpha value is -1.83. The second-order valence-electron chi connectivity index (χ2n) is 6.64. The fraction of sp³-hybridized carbons (Fsp3) is 0.529. The standard InChI is InChI=1S/C17H24ClN5O2/c1-12-8-22(6-5-21(12)9-13(2)24)17(25)19-7-15-11-23-10-14(18)3-4-16(23)20-15/h3-4,10-13,24H,5-9H2,1-2H3,(H,19,25)/t12-,13-/m0/s1. The van der Waals surface area contributed by atoms with Gasteiger partial charge in [-0.25, -0.2) is 9.78 Å². The molecule has 136 valence electrons. The van der Waals surface area contributed by atoms with Crippen LogP contribution in [-0.2, 0) is 6.54 Å². The average Bonchev–Trinajstić information content (AvgIpc) is 2.96. The minimum Gasteiger partial charge on any atom is -0.392 e. The first-order chi connectivity index (χ1) is 11.9. The molecule has 2 N–H and O–H groups in total. The smallest absolute Gasteiger partial charge is 0.317 e. The summed E-state index contributed by atoms with van der Waals surface area (Å²) in [6.45, 7) is 6.96. The summed E-state index contributed by atoms with van der Waals surface area (Å²) in [5, 5.41) is 13.1. The van der Waals surface area contributed by atoms with E-state index >= 15 is 0 Å². The lowest BCUT2D eigenvalue weighted by Gasteiger charge is -2.40. The molecular formula is C17H24ClN5O2. The molecule has 7 nitrogen and oxygen atoms in total. The molecule has 2 atom stereocenters. The average molecular weight is 366 g/mol. The number of fused-ring (bicyclic) bond motifs is 1. The Morgan fingerprint density at radius 3 is 2.96 bits per heavy atom. The summed E-state index contributed by atoms with van der Waals surface area (Å²) in [5.41, 5.74) is 1.59. The Morgan fingerprint density at radius 1 is 1.44 bits per heavy atom. The molecule has 0 unspecified atom stereocenters. The van der Waals surface area contributed by atoms with Crippen LogP contribution in [0.4, 0.5) is 4.79 Å². The van der Waals surface area contributed by atoms with Crippen molar-refractivity contribution in [2.45, 2.75) is 32.5 Å². The number of imidazole rings is 1. The third-order valence-electron chi connectivity index (χ3n) is 4.44. The number of β-amino-alcohol motifs (C(OH)–C–C–N with tert-alkyl or cyclic N) is 1. The van der Waals surface area contributed by atoms with Crippen molar-refractivity contribution in [1.29, 1.82) is 0 Å². The van der Waals surface area contributed by atoms with Crippen LogP contribution in [0.2, 0.25) is 5.02 Å². The topological polar surface area (TPSA) is 73.1 Å². The first-order valence-corrected chi connectivity index (χ1v) is 8.88. The number of aliphatic hydroxyl groups excluding tert-OH is 1. The van der Waals surface area contributed by atoms with E-state index in [0.29, 0.717) is 31.2 Å². The normalized spacial score (nSPS) is 20.0. The Labute approximate surface area is 152 Å². The van der Waals surface area contributed by atoms with Crippen LogP contribution >= 0.6 is 11.6 Å². The van der Waals surface area contributed by atoms with Crippen molar-refractivity contribution in [1.82, 2.24) is 24.5 Å². The SMILES string of the molecule is C[C@H](O)CN1CCN(C(=O)NCc2cn3cc(Cl)ccc3n2)C[C@@H]1C. The molecule has 0 aliphatic carbocycles. The predicted molar refractivity (Wildman–Crippen MR) is 96.7 cm³/mol. The van der Waals surface area contributed by atoms with Crippen LogP contribution in [0.25, 0.3) is 5.65 Å². The van der Waals surface area contributed by atoms with Crippen molar-refractivity contribution < 1.29 is 9.90 Å². The van der Waals surface area contributed by atoms with Crippen LogP contribution in [0.1, 0.15) is 19.5 Å². The van der Waals surface area contributed by atoms with Crippen molar-refractivity contribution >= 4 is 23.3 Å². The van der Waals surface area contributed by atoms with Crippen molar-refractivity contribution in [2.24, 2.45) is 0 Å². The van der Waals surface area contributed by atoms with Gasteiger partial charge in [0, 0.05) is 44.6 Å². The summed E-state index contributed by atoms with van der Waals surface area (Å²) in [5.74, 6) is 0. The van der Waals surface area contributed by atoms with E-state index in [2.05, 4.69) is 22.1 Å². The number of hydrogen-bond donors (Lipinski definition) is 2. The van der Waals surface area contributed by atoms with Gasteiger partial charge >= 0.3 is 6.03 Å². The molecule has 0 aromatic carbocycles. The number of amides is 2. The number of carbonyl (C=O) groups excluding carboxylic acids is 1. The summed E-state index contributed by atoms with van der Waals surface area (Å²) < 4.78 is 1.85. The maximum Gasteiger partial charge on any atom is 0.317 e. The highest BCUT2D eigenvalue weighted by Crippen LogP contribution is 2.13. The molecule has 8 heteroatoms. The molecular weight excluding hydrogens is 342 g/mol. The first kappa shape index (κ1) is 18.0. The molecule has 0 radical (unpaired) electrons. The van der Waals surface area contributed by atoms with Crippen molar-refractivity contribution in [3.8, 4) is 0 Å². The lowest BCUT2D eigenvalue weighted by molar-refractivity contribution is 0.0566. The van der Waals surface area contributed by atoms with Gasteiger partial charge < -0.3 is 19.7 Å². The van der Waals surface area contributed by atoms with Gasteiger partial charge in [-0.05, 0) is 26.0 Å². The van der Waals surface area contributed by atoms with Crippen molar-refractivity contribution in [3.05, 3.63) is 35.2 Å². The Morgan fingerprint density at radius 2 is 2.24 bits per heavy atom. The monoisotopic (exact) mass is 365 g/mol. The molecule has 3 heterocycles. The van der Waals surface area contributed by atoms with Crippen LogP contribution in [0.5, 0.6) is 0 Å². The van der Waals surface area contributed by atoms with E-state index in [1.165, 1.54) is 0 Å². The molecule has 0 saturated carbocycles. The molecule has 1 aliphatic heterocycles. The van der Waals surface area contributed by atoms with E-state index in [9.17, 15) is 9.90 Å². The Kier molecular flexibility index (Phi) is 5.46. The van der Waals surface area contributed by atoms with E-state index < -0.39 is 0 Å². The van der Waals surface area contributed by atoms with Gasteiger partial charge in [-0.3, -0.25) is 4.90 Å². The predicted octanol–water partition coefficient (Wildman–Crippen LogP) is 1.58. The molecule has 0 bridgehead atoms. The van der Waals surface area contributed by atoms with Crippen LogP contribution in [-0.4, -0.2) is 68.6 Å². The second kappa shape index (κ2) is 7.59. The fourth-order valence-corrected chi connectivity index (χ4v) is 3.34. The number of carbonyl (C=O) groups is 1. The molecule has 2 aromatic heterocycles. The molecule has 1 saturated heterocycles. The second-order valence-corrected chi connectivity index (χ2v) is 7.08. The lowest BCUT2D eigenvalue weighted by atomic mass is 10.2. The number of aliphatic hydroxyl groups is 1. The van der Waals surface area contributed by atoms with E-state index in [1.54, 1.807) is 19.2 Å². The van der Waals surface area contributed by atoms with Gasteiger partial charge in [0.1, 0.15) is 5.65 Å². The Balaban J connectivity index is 1.53.